The molecule has 0 unspecified atom stereocenters. The Morgan fingerprint density at radius 2 is 1.64 bits per heavy atom. The molecule has 0 bridgehead atoms. The number of benzene rings is 2. The molecule has 0 aliphatic carbocycles. The van der Waals surface area contributed by atoms with Crippen LogP contribution in [-0.2, 0) is 24.0 Å². The molecule has 11 nitrogen and oxygen atoms in total. The van der Waals surface area contributed by atoms with Gasteiger partial charge < -0.3 is 29.2 Å². The Hall–Kier alpha value is -3.09. The van der Waals surface area contributed by atoms with Gasteiger partial charge in [0.2, 0.25) is 11.8 Å². The van der Waals surface area contributed by atoms with Gasteiger partial charge in [0.25, 0.3) is 5.91 Å². The normalized spacial score (nSPS) is 17.1. The molecule has 15 heteroatoms. The van der Waals surface area contributed by atoms with Gasteiger partial charge in [-0.25, -0.2) is 0 Å². The summed E-state index contributed by atoms with van der Waals surface area (Å²) in [5, 5.41) is 5.89. The molecule has 0 saturated carbocycles. The highest BCUT2D eigenvalue weighted by molar-refractivity contribution is 6.42. The Balaban J connectivity index is 1.43. The Bertz CT molecular complexity index is 1500. The summed E-state index contributed by atoms with van der Waals surface area (Å²) in [6.45, 7) is 1.84. The van der Waals surface area contributed by atoms with E-state index in [1.165, 1.54) is 24.0 Å². The first-order chi connectivity index (χ1) is 22.4. The summed E-state index contributed by atoms with van der Waals surface area (Å²) >= 11 is 24.9. The second-order valence-electron chi connectivity index (χ2n) is 11.5. The van der Waals surface area contributed by atoms with Crippen molar-refractivity contribution in [2.24, 2.45) is 5.16 Å². The molecule has 2 heterocycles. The lowest BCUT2D eigenvalue weighted by atomic mass is 9.89. The van der Waals surface area contributed by atoms with Crippen molar-refractivity contribution >= 4 is 75.8 Å². The molecule has 2 fully saturated rings. The van der Waals surface area contributed by atoms with Crippen molar-refractivity contribution in [3.05, 3.63) is 67.6 Å². The minimum atomic E-state index is -0.560. The van der Waals surface area contributed by atoms with Gasteiger partial charge in [0.1, 0.15) is 26.7 Å². The van der Waals surface area contributed by atoms with Crippen LogP contribution in [0.1, 0.15) is 41.1 Å². The minimum Gasteiger partial charge on any atom is -0.468 e. The lowest BCUT2D eigenvalue weighted by molar-refractivity contribution is -0.157. The van der Waals surface area contributed by atoms with Crippen LogP contribution in [-0.4, -0.2) is 122 Å². The molecule has 0 radical (unpaired) electrons. The summed E-state index contributed by atoms with van der Waals surface area (Å²) in [6, 6.07) is 10.0. The van der Waals surface area contributed by atoms with E-state index in [1.54, 1.807) is 42.3 Å². The Morgan fingerprint density at radius 1 is 0.957 bits per heavy atom. The van der Waals surface area contributed by atoms with E-state index in [9.17, 15) is 19.2 Å². The van der Waals surface area contributed by atoms with Crippen LogP contribution in [0, 0.1) is 0 Å². The average Bonchev–Trinajstić information content (AvgIpc) is 3.03. The van der Waals surface area contributed by atoms with Crippen molar-refractivity contribution in [2.45, 2.75) is 31.2 Å². The zero-order chi connectivity index (χ0) is 34.2. The fourth-order valence-corrected chi connectivity index (χ4v) is 6.76. The second-order valence-corrected chi connectivity index (χ2v) is 13.2. The molecule has 47 heavy (non-hydrogen) atoms. The summed E-state index contributed by atoms with van der Waals surface area (Å²) in [6.07, 6.45) is 2.03. The number of piperidine rings is 1. The standard InChI is InChI=1S/C32H37Cl4N5O6/c1-38(32(45)21-12-22(33)15-23(34)13-21)16-28(37-47-3)25(20-4-5-26(35)27(36)14-20)8-11-39-9-6-24(7-10-39)41-18-29(42)40(17-30(41)43)19-31(44)46-2/h4-5,12-15,24-25H,6-11,16-19H2,1-3H3/b37-28+/t25-/m1/s1. The number of likely N-dealkylation sites (tertiary alicyclic amines) is 1. The van der Waals surface area contributed by atoms with Gasteiger partial charge in [-0.1, -0.05) is 57.6 Å². The van der Waals surface area contributed by atoms with Crippen LogP contribution in [0.5, 0.6) is 0 Å². The predicted octanol–water partition coefficient (Wildman–Crippen LogP) is 4.86. The molecule has 0 N–H and O–H groups in total. The van der Waals surface area contributed by atoms with Gasteiger partial charge >= 0.3 is 5.97 Å². The van der Waals surface area contributed by atoms with E-state index >= 15 is 0 Å². The first-order valence-electron chi connectivity index (χ1n) is 15.0. The van der Waals surface area contributed by atoms with Crippen LogP contribution in [0.25, 0.3) is 0 Å². The highest BCUT2D eigenvalue weighted by atomic mass is 35.5. The quantitative estimate of drug-likeness (QED) is 0.175. The van der Waals surface area contributed by atoms with Crippen LogP contribution in [0.15, 0.2) is 41.6 Å². The topological polar surface area (TPSA) is 112 Å². The van der Waals surface area contributed by atoms with Crippen LogP contribution in [0.4, 0.5) is 0 Å². The summed E-state index contributed by atoms with van der Waals surface area (Å²) in [5.74, 6) is -1.57. The number of carbonyl (C=O) groups is 4. The van der Waals surface area contributed by atoms with E-state index in [2.05, 4.69) is 14.8 Å². The summed E-state index contributed by atoms with van der Waals surface area (Å²) in [7, 11) is 4.37. The highest BCUT2D eigenvalue weighted by Gasteiger charge is 2.36. The molecule has 2 aromatic rings. The largest absolute Gasteiger partial charge is 0.468 e. The SMILES string of the molecule is CO/N=C(\CN(C)C(=O)c1cc(Cl)cc(Cl)c1)[C@H](CCN1CCC(N2CC(=O)N(CC(=O)OC)CC2=O)CC1)c1ccc(Cl)c(Cl)c1. The van der Waals surface area contributed by atoms with Gasteiger partial charge in [0.05, 0.1) is 29.4 Å². The number of piperazine rings is 1. The smallest absolute Gasteiger partial charge is 0.325 e. The van der Waals surface area contributed by atoms with Crippen LogP contribution in [0.3, 0.4) is 0 Å². The molecule has 254 valence electrons. The van der Waals surface area contributed by atoms with Gasteiger partial charge in [-0.05, 0) is 61.7 Å². The first kappa shape index (κ1) is 36.7. The van der Waals surface area contributed by atoms with E-state index < -0.39 is 5.97 Å². The lowest BCUT2D eigenvalue weighted by Gasteiger charge is -2.42. The molecule has 2 saturated heterocycles. The van der Waals surface area contributed by atoms with Crippen molar-refractivity contribution in [2.75, 3.05) is 67.1 Å². The first-order valence-corrected chi connectivity index (χ1v) is 16.5. The zero-order valence-electron chi connectivity index (χ0n) is 26.4. The third-order valence-electron chi connectivity index (χ3n) is 8.40. The Labute approximate surface area is 294 Å². The van der Waals surface area contributed by atoms with Gasteiger partial charge in [-0.3, -0.25) is 19.2 Å². The highest BCUT2D eigenvalue weighted by Crippen LogP contribution is 2.31. The number of carbonyl (C=O) groups excluding carboxylic acids is 4. The fraction of sp³-hybridized carbons (Fsp3) is 0.469. The minimum absolute atomic E-state index is 0.0512. The maximum Gasteiger partial charge on any atom is 0.325 e. The number of hydrogen-bond donors (Lipinski definition) is 0. The molecule has 3 amide bonds. The number of methoxy groups -OCH3 is 1. The maximum absolute atomic E-state index is 13.3. The third-order valence-corrected chi connectivity index (χ3v) is 9.57. The number of halogens is 4. The summed E-state index contributed by atoms with van der Waals surface area (Å²) in [5.41, 5.74) is 1.82. The lowest BCUT2D eigenvalue weighted by Crippen LogP contribution is -2.59. The van der Waals surface area contributed by atoms with E-state index in [-0.39, 0.29) is 55.9 Å². The molecule has 1 atom stereocenters. The van der Waals surface area contributed by atoms with E-state index in [1.807, 2.05) is 6.07 Å². The molecular weight excluding hydrogens is 692 g/mol. The predicted molar refractivity (Wildman–Crippen MR) is 181 cm³/mol. The maximum atomic E-state index is 13.3. The van der Waals surface area contributed by atoms with Gasteiger partial charge in [-0.15, -0.1) is 0 Å². The molecule has 0 spiro atoms. The molecule has 4 rings (SSSR count). The molecule has 2 aromatic carbocycles. The molecule has 2 aliphatic rings. The molecule has 0 aromatic heterocycles. The number of nitrogens with zero attached hydrogens (tertiary/aromatic N) is 5. The summed E-state index contributed by atoms with van der Waals surface area (Å²) in [4.78, 5) is 62.5. The van der Waals surface area contributed by atoms with Crippen molar-refractivity contribution < 1.29 is 28.8 Å². The van der Waals surface area contributed by atoms with Gasteiger partial charge in [-0.2, -0.15) is 0 Å². The second kappa shape index (κ2) is 16.8. The van der Waals surface area contributed by atoms with Gasteiger partial charge in [0, 0.05) is 47.7 Å². The van der Waals surface area contributed by atoms with Crippen LogP contribution >= 0.6 is 46.4 Å². The Kier molecular flexibility index (Phi) is 13.2. The van der Waals surface area contributed by atoms with E-state index in [0.29, 0.717) is 70.3 Å². The average molecular weight is 729 g/mol. The fourth-order valence-electron chi connectivity index (χ4n) is 5.93. The van der Waals surface area contributed by atoms with Gasteiger partial charge in [0.15, 0.2) is 0 Å². The van der Waals surface area contributed by atoms with Crippen molar-refractivity contribution in [1.29, 1.82) is 0 Å². The number of ether oxygens (including phenoxy) is 1. The van der Waals surface area contributed by atoms with Crippen molar-refractivity contribution in [1.82, 2.24) is 19.6 Å². The van der Waals surface area contributed by atoms with Crippen LogP contribution in [0.2, 0.25) is 20.1 Å². The number of rotatable bonds is 12. The zero-order valence-corrected chi connectivity index (χ0v) is 29.4. The number of esters is 1. The number of hydrogen-bond acceptors (Lipinski definition) is 8. The third kappa shape index (κ3) is 9.73. The van der Waals surface area contributed by atoms with Crippen LogP contribution < -0.4 is 0 Å². The molecule has 2 aliphatic heterocycles. The van der Waals surface area contributed by atoms with Crippen molar-refractivity contribution in [3.63, 3.8) is 0 Å². The Morgan fingerprint density at radius 3 is 2.26 bits per heavy atom. The van der Waals surface area contributed by atoms with E-state index in [4.69, 9.17) is 51.2 Å². The number of oxime groups is 1. The van der Waals surface area contributed by atoms with Crippen molar-refractivity contribution in [3.8, 4) is 0 Å². The molecular formula is C32H37Cl4N5O6. The monoisotopic (exact) mass is 727 g/mol. The number of amides is 3. The van der Waals surface area contributed by atoms with E-state index in [0.717, 1.165) is 5.56 Å². The summed E-state index contributed by atoms with van der Waals surface area (Å²) < 4.78 is 4.64.